The third-order valence-corrected chi connectivity index (χ3v) is 4.37. The molecule has 5 heteroatoms. The Kier molecular flexibility index (Phi) is 5.33. The zero-order valence-corrected chi connectivity index (χ0v) is 14.2. The number of carbonyl (C=O) groups excluding carboxylic acids is 2. The second-order valence-electron chi connectivity index (χ2n) is 6.13. The number of amides is 2. The Morgan fingerprint density at radius 3 is 2.32 bits per heavy atom. The minimum absolute atomic E-state index is 0.240. The molecular weight excluding hydrogens is 316 g/mol. The van der Waals surface area contributed by atoms with E-state index in [1.54, 1.807) is 43.4 Å². The van der Waals surface area contributed by atoms with Crippen molar-refractivity contribution < 1.29 is 14.3 Å². The van der Waals surface area contributed by atoms with Crippen molar-refractivity contribution in [3.8, 4) is 5.75 Å². The molecule has 0 saturated heterocycles. The lowest BCUT2D eigenvalue weighted by Crippen LogP contribution is -2.21. The third-order valence-electron chi connectivity index (χ3n) is 4.37. The molecule has 0 heterocycles. The monoisotopic (exact) mass is 338 g/mol. The lowest BCUT2D eigenvalue weighted by molar-refractivity contribution is 0.0964. The first-order valence-corrected chi connectivity index (χ1v) is 8.56. The largest absolute Gasteiger partial charge is 0.490 e. The summed E-state index contributed by atoms with van der Waals surface area (Å²) in [7, 11) is 1.56. The van der Waals surface area contributed by atoms with Crippen molar-refractivity contribution in [3.63, 3.8) is 0 Å². The van der Waals surface area contributed by atoms with E-state index in [1.807, 2.05) is 12.1 Å². The van der Waals surface area contributed by atoms with E-state index in [1.165, 1.54) is 12.8 Å². The highest BCUT2D eigenvalue weighted by atomic mass is 16.5. The topological polar surface area (TPSA) is 67.4 Å². The lowest BCUT2D eigenvalue weighted by atomic mass is 10.1. The zero-order valence-electron chi connectivity index (χ0n) is 14.2. The molecule has 2 amide bonds. The maximum atomic E-state index is 12.4. The van der Waals surface area contributed by atoms with Crippen molar-refractivity contribution in [2.75, 3.05) is 12.4 Å². The summed E-state index contributed by atoms with van der Waals surface area (Å²) >= 11 is 0. The quantitative estimate of drug-likeness (QED) is 0.875. The minimum atomic E-state index is -0.260. The van der Waals surface area contributed by atoms with Gasteiger partial charge in [-0.2, -0.15) is 0 Å². The smallest absolute Gasteiger partial charge is 0.255 e. The van der Waals surface area contributed by atoms with Gasteiger partial charge in [0.2, 0.25) is 0 Å². The van der Waals surface area contributed by atoms with E-state index in [2.05, 4.69) is 10.6 Å². The molecule has 1 saturated carbocycles. The van der Waals surface area contributed by atoms with Crippen molar-refractivity contribution >= 4 is 17.5 Å². The van der Waals surface area contributed by atoms with Gasteiger partial charge in [-0.25, -0.2) is 0 Å². The molecule has 1 aliphatic rings. The second kappa shape index (κ2) is 7.83. The van der Waals surface area contributed by atoms with Crippen molar-refractivity contribution in [2.24, 2.45) is 0 Å². The van der Waals surface area contributed by atoms with Gasteiger partial charge in [0.1, 0.15) is 5.75 Å². The van der Waals surface area contributed by atoms with Gasteiger partial charge in [-0.1, -0.05) is 12.1 Å². The number of carbonyl (C=O) groups is 2. The first-order valence-electron chi connectivity index (χ1n) is 8.56. The van der Waals surface area contributed by atoms with Gasteiger partial charge < -0.3 is 15.4 Å². The molecule has 130 valence electrons. The summed E-state index contributed by atoms with van der Waals surface area (Å²) in [5, 5.41) is 5.36. The Bertz CT molecular complexity index is 750. The van der Waals surface area contributed by atoms with Gasteiger partial charge >= 0.3 is 0 Å². The van der Waals surface area contributed by atoms with Crippen LogP contribution in [0.25, 0.3) is 0 Å². The molecule has 0 aliphatic heterocycles. The average molecular weight is 338 g/mol. The Balaban J connectivity index is 1.68. The highest BCUT2D eigenvalue weighted by molar-refractivity contribution is 6.08. The molecule has 2 N–H and O–H groups in total. The molecule has 0 spiro atoms. The molecule has 2 aromatic rings. The first kappa shape index (κ1) is 17.0. The highest BCUT2D eigenvalue weighted by Gasteiger charge is 2.17. The number of ether oxygens (including phenoxy) is 1. The van der Waals surface area contributed by atoms with Gasteiger partial charge in [0.05, 0.1) is 17.4 Å². The number of anilines is 1. The summed E-state index contributed by atoms with van der Waals surface area (Å²) < 4.78 is 5.91. The zero-order chi connectivity index (χ0) is 17.6. The molecule has 0 unspecified atom stereocenters. The first-order chi connectivity index (χ1) is 12.2. The van der Waals surface area contributed by atoms with Crippen LogP contribution in [0.2, 0.25) is 0 Å². The van der Waals surface area contributed by atoms with E-state index < -0.39 is 0 Å². The molecule has 5 nitrogen and oxygen atoms in total. The maximum absolute atomic E-state index is 12.4. The third kappa shape index (κ3) is 4.18. The number of rotatable bonds is 5. The predicted octanol–water partition coefficient (Wildman–Crippen LogP) is 3.62. The Labute approximate surface area is 147 Å². The van der Waals surface area contributed by atoms with Gasteiger partial charge in [-0.15, -0.1) is 0 Å². The van der Waals surface area contributed by atoms with Crippen LogP contribution in [-0.2, 0) is 0 Å². The van der Waals surface area contributed by atoms with Crippen LogP contribution < -0.4 is 15.4 Å². The normalized spacial score (nSPS) is 14.1. The summed E-state index contributed by atoms with van der Waals surface area (Å²) in [5.41, 5.74) is 1.43. The van der Waals surface area contributed by atoms with Crippen LogP contribution in [0.1, 0.15) is 46.4 Å². The average Bonchev–Trinajstić information content (AvgIpc) is 3.15. The standard InChI is InChI=1S/C20H22N2O3/c1-21-20(24)17-8-4-5-9-18(17)22-19(23)14-10-12-16(13-11-14)25-15-6-2-3-7-15/h4-5,8-13,15H,2-3,6-7H2,1H3,(H,21,24)(H,22,23). The van der Waals surface area contributed by atoms with Crippen LogP contribution in [0.5, 0.6) is 5.75 Å². The summed E-state index contributed by atoms with van der Waals surface area (Å²) in [6.45, 7) is 0. The van der Waals surface area contributed by atoms with Crippen LogP contribution in [-0.4, -0.2) is 25.0 Å². The van der Waals surface area contributed by atoms with Crippen molar-refractivity contribution in [2.45, 2.75) is 31.8 Å². The van der Waals surface area contributed by atoms with E-state index in [4.69, 9.17) is 4.74 Å². The number of hydrogen-bond acceptors (Lipinski definition) is 3. The number of para-hydroxylation sites is 1. The number of hydrogen-bond donors (Lipinski definition) is 2. The molecule has 1 fully saturated rings. The Hall–Kier alpha value is -2.82. The molecule has 3 rings (SSSR count). The number of nitrogens with one attached hydrogen (secondary N) is 2. The van der Waals surface area contributed by atoms with Gasteiger partial charge in [-0.3, -0.25) is 9.59 Å². The van der Waals surface area contributed by atoms with Crippen molar-refractivity contribution in [1.29, 1.82) is 0 Å². The molecule has 1 aliphatic carbocycles. The van der Waals surface area contributed by atoms with Crippen LogP contribution in [0.15, 0.2) is 48.5 Å². The summed E-state index contributed by atoms with van der Waals surface area (Å²) in [6, 6.07) is 14.0. The molecular formula is C20H22N2O3. The summed E-state index contributed by atoms with van der Waals surface area (Å²) in [6.07, 6.45) is 4.92. The van der Waals surface area contributed by atoms with E-state index >= 15 is 0 Å². The minimum Gasteiger partial charge on any atom is -0.490 e. The van der Waals surface area contributed by atoms with Crippen LogP contribution in [0.3, 0.4) is 0 Å². The van der Waals surface area contributed by atoms with Crippen molar-refractivity contribution in [3.05, 3.63) is 59.7 Å². The van der Waals surface area contributed by atoms with E-state index in [0.29, 0.717) is 22.9 Å². The van der Waals surface area contributed by atoms with Crippen LogP contribution in [0.4, 0.5) is 5.69 Å². The van der Waals surface area contributed by atoms with E-state index in [0.717, 1.165) is 18.6 Å². The molecule has 2 aromatic carbocycles. The van der Waals surface area contributed by atoms with E-state index in [9.17, 15) is 9.59 Å². The maximum Gasteiger partial charge on any atom is 0.255 e. The van der Waals surface area contributed by atoms with Gasteiger partial charge in [0.25, 0.3) is 11.8 Å². The fourth-order valence-corrected chi connectivity index (χ4v) is 3.00. The van der Waals surface area contributed by atoms with E-state index in [-0.39, 0.29) is 11.8 Å². The SMILES string of the molecule is CNC(=O)c1ccccc1NC(=O)c1ccc(OC2CCCC2)cc1. The van der Waals surface area contributed by atoms with Gasteiger partial charge in [0.15, 0.2) is 0 Å². The molecule has 0 radical (unpaired) electrons. The fourth-order valence-electron chi connectivity index (χ4n) is 3.00. The second-order valence-corrected chi connectivity index (χ2v) is 6.13. The Morgan fingerprint density at radius 1 is 0.960 bits per heavy atom. The summed E-state index contributed by atoms with van der Waals surface area (Å²) in [4.78, 5) is 24.3. The fraction of sp³-hybridized carbons (Fsp3) is 0.300. The molecule has 25 heavy (non-hydrogen) atoms. The highest BCUT2D eigenvalue weighted by Crippen LogP contribution is 2.24. The van der Waals surface area contributed by atoms with Gasteiger partial charge in [0, 0.05) is 12.6 Å². The van der Waals surface area contributed by atoms with Crippen molar-refractivity contribution in [1.82, 2.24) is 5.32 Å². The molecule has 0 atom stereocenters. The Morgan fingerprint density at radius 2 is 1.64 bits per heavy atom. The summed E-state index contributed by atoms with van der Waals surface area (Å²) in [5.74, 6) is 0.286. The lowest BCUT2D eigenvalue weighted by Gasteiger charge is -2.13. The van der Waals surface area contributed by atoms with Crippen LogP contribution >= 0.6 is 0 Å². The predicted molar refractivity (Wildman–Crippen MR) is 97.1 cm³/mol. The van der Waals surface area contributed by atoms with Crippen LogP contribution in [0, 0.1) is 0 Å². The molecule has 0 bridgehead atoms. The molecule has 0 aromatic heterocycles. The van der Waals surface area contributed by atoms with Gasteiger partial charge in [-0.05, 0) is 62.1 Å². The number of benzene rings is 2.